The molecular weight excluding hydrogens is 408 g/mol. The van der Waals surface area contributed by atoms with Crippen molar-refractivity contribution < 1.29 is 23.5 Å². The molecule has 0 aliphatic carbocycles. The molecule has 0 bridgehead atoms. The summed E-state index contributed by atoms with van der Waals surface area (Å²) in [5.41, 5.74) is 0.584. The van der Waals surface area contributed by atoms with Gasteiger partial charge in [-0.25, -0.2) is 4.98 Å². The number of thiazole rings is 1. The van der Waals surface area contributed by atoms with Crippen LogP contribution < -0.4 is 10.6 Å². The Bertz CT molecular complexity index is 819. The summed E-state index contributed by atoms with van der Waals surface area (Å²) >= 11 is 1.23. The number of furan rings is 1. The van der Waals surface area contributed by atoms with Crippen molar-refractivity contribution in [2.75, 3.05) is 38.7 Å². The van der Waals surface area contributed by atoms with Gasteiger partial charge in [0.2, 0.25) is 11.8 Å². The van der Waals surface area contributed by atoms with Crippen LogP contribution in [0.4, 0.5) is 5.13 Å². The van der Waals surface area contributed by atoms with Crippen LogP contribution in [-0.4, -0.2) is 61.0 Å². The number of hydrogen-bond acceptors (Lipinski definition) is 7. The molecule has 2 aromatic rings. The molecule has 0 fully saturated rings. The fourth-order valence-electron chi connectivity index (χ4n) is 2.51. The zero-order valence-corrected chi connectivity index (χ0v) is 18.3. The summed E-state index contributed by atoms with van der Waals surface area (Å²) < 4.78 is 10.1. The van der Waals surface area contributed by atoms with Crippen molar-refractivity contribution in [1.82, 2.24) is 15.2 Å². The smallest absolute Gasteiger partial charge is 0.290 e. The van der Waals surface area contributed by atoms with E-state index in [-0.39, 0.29) is 37.8 Å². The average Bonchev–Trinajstić information content (AvgIpc) is 3.36. The van der Waals surface area contributed by atoms with Crippen LogP contribution in [0.15, 0.2) is 28.2 Å². The Morgan fingerprint density at radius 2 is 2.10 bits per heavy atom. The maximum Gasteiger partial charge on any atom is 0.290 e. The van der Waals surface area contributed by atoms with Gasteiger partial charge >= 0.3 is 0 Å². The molecular formula is C20H28N4O5S. The van der Waals surface area contributed by atoms with E-state index in [2.05, 4.69) is 29.5 Å². The van der Waals surface area contributed by atoms with Crippen molar-refractivity contribution in [2.45, 2.75) is 26.7 Å². The first-order valence-corrected chi connectivity index (χ1v) is 10.6. The van der Waals surface area contributed by atoms with Gasteiger partial charge in [0.25, 0.3) is 5.91 Å². The van der Waals surface area contributed by atoms with E-state index in [1.807, 2.05) is 0 Å². The second-order valence-electron chi connectivity index (χ2n) is 7.10. The number of ether oxygens (including phenoxy) is 1. The fourth-order valence-corrected chi connectivity index (χ4v) is 3.24. The summed E-state index contributed by atoms with van der Waals surface area (Å²) in [5.74, 6) is -0.222. The number of aromatic nitrogens is 1. The molecule has 0 unspecified atom stereocenters. The first-order valence-electron chi connectivity index (χ1n) is 9.71. The number of hydrogen-bond donors (Lipinski definition) is 2. The summed E-state index contributed by atoms with van der Waals surface area (Å²) in [5, 5.41) is 7.64. The summed E-state index contributed by atoms with van der Waals surface area (Å²) in [6.45, 7) is 5.18. The minimum Gasteiger partial charge on any atom is -0.459 e. The number of anilines is 1. The highest BCUT2D eigenvalue weighted by Gasteiger charge is 2.21. The molecule has 30 heavy (non-hydrogen) atoms. The molecule has 2 N–H and O–H groups in total. The Morgan fingerprint density at radius 3 is 2.77 bits per heavy atom. The molecule has 2 aromatic heterocycles. The first kappa shape index (κ1) is 23.6. The fraction of sp³-hybridized carbons (Fsp3) is 0.500. The Labute approximate surface area is 179 Å². The standard InChI is InChI=1S/C20H28N4O5S/c1-14(2)6-7-21-17(25)11-15-13-30-20(22-15)23-18(26)12-24(8-10-28-3)19(27)16-5-4-9-29-16/h4-5,9,13-14H,6-8,10-12H2,1-3H3,(H,21,25)(H,22,23,26). The van der Waals surface area contributed by atoms with Crippen LogP contribution in [0, 0.1) is 5.92 Å². The van der Waals surface area contributed by atoms with Gasteiger partial charge in [0, 0.05) is 25.6 Å². The third-order valence-electron chi connectivity index (χ3n) is 4.10. The molecule has 9 nitrogen and oxygen atoms in total. The quantitative estimate of drug-likeness (QED) is 0.527. The molecule has 0 atom stereocenters. The topological polar surface area (TPSA) is 114 Å². The van der Waals surface area contributed by atoms with Crippen molar-refractivity contribution in [2.24, 2.45) is 5.92 Å². The van der Waals surface area contributed by atoms with Crippen LogP contribution in [0.2, 0.25) is 0 Å². The second kappa shape index (κ2) is 12.1. The molecule has 164 valence electrons. The number of rotatable bonds is 12. The van der Waals surface area contributed by atoms with Crippen molar-refractivity contribution in [1.29, 1.82) is 0 Å². The largest absolute Gasteiger partial charge is 0.459 e. The van der Waals surface area contributed by atoms with E-state index in [9.17, 15) is 14.4 Å². The Morgan fingerprint density at radius 1 is 1.30 bits per heavy atom. The van der Waals surface area contributed by atoms with Gasteiger partial charge in [-0.2, -0.15) is 0 Å². The molecule has 2 heterocycles. The maximum atomic E-state index is 12.5. The predicted molar refractivity (Wildman–Crippen MR) is 113 cm³/mol. The highest BCUT2D eigenvalue weighted by Crippen LogP contribution is 2.16. The number of carbonyl (C=O) groups excluding carboxylic acids is 3. The molecule has 2 rings (SSSR count). The Balaban J connectivity index is 1.87. The zero-order valence-electron chi connectivity index (χ0n) is 17.5. The van der Waals surface area contributed by atoms with E-state index in [0.717, 1.165) is 6.42 Å². The lowest BCUT2D eigenvalue weighted by atomic mass is 10.1. The maximum absolute atomic E-state index is 12.5. The number of methoxy groups -OCH3 is 1. The predicted octanol–water partition coefficient (Wildman–Crippen LogP) is 2.17. The molecule has 0 aliphatic rings. The van der Waals surface area contributed by atoms with Gasteiger partial charge in [-0.3, -0.25) is 14.4 Å². The molecule has 0 aliphatic heterocycles. The SMILES string of the molecule is COCCN(CC(=O)Nc1nc(CC(=O)NCCC(C)C)cs1)C(=O)c1ccco1. The van der Waals surface area contributed by atoms with Crippen LogP contribution in [0.3, 0.4) is 0 Å². The lowest BCUT2D eigenvalue weighted by Crippen LogP contribution is -2.39. The normalized spacial score (nSPS) is 10.8. The molecule has 0 saturated carbocycles. The van der Waals surface area contributed by atoms with Gasteiger partial charge in [-0.1, -0.05) is 13.8 Å². The molecule has 10 heteroatoms. The van der Waals surface area contributed by atoms with Crippen LogP contribution in [0.1, 0.15) is 36.5 Å². The van der Waals surface area contributed by atoms with E-state index < -0.39 is 11.8 Å². The van der Waals surface area contributed by atoms with Crippen LogP contribution in [0.25, 0.3) is 0 Å². The Hall–Kier alpha value is -2.72. The molecule has 0 saturated heterocycles. The highest BCUT2D eigenvalue weighted by molar-refractivity contribution is 7.13. The third kappa shape index (κ3) is 7.96. The van der Waals surface area contributed by atoms with Crippen LogP contribution in [0.5, 0.6) is 0 Å². The second-order valence-corrected chi connectivity index (χ2v) is 7.96. The summed E-state index contributed by atoms with van der Waals surface area (Å²) in [4.78, 5) is 42.5. The van der Waals surface area contributed by atoms with Crippen molar-refractivity contribution >= 4 is 34.2 Å². The lowest BCUT2D eigenvalue weighted by Gasteiger charge is -2.20. The number of carbonyl (C=O) groups is 3. The zero-order chi connectivity index (χ0) is 21.9. The van der Waals surface area contributed by atoms with Gasteiger partial charge in [0.15, 0.2) is 10.9 Å². The molecule has 3 amide bonds. The minimum absolute atomic E-state index is 0.103. The van der Waals surface area contributed by atoms with Crippen LogP contribution in [-0.2, 0) is 20.7 Å². The lowest BCUT2D eigenvalue weighted by molar-refractivity contribution is -0.120. The monoisotopic (exact) mass is 436 g/mol. The van der Waals surface area contributed by atoms with Crippen molar-refractivity contribution in [3.05, 3.63) is 35.2 Å². The van der Waals surface area contributed by atoms with Gasteiger partial charge in [0.1, 0.15) is 6.54 Å². The summed E-state index contributed by atoms with van der Waals surface area (Å²) in [7, 11) is 1.52. The van der Waals surface area contributed by atoms with Crippen LogP contribution >= 0.6 is 11.3 Å². The third-order valence-corrected chi connectivity index (χ3v) is 4.91. The number of amides is 3. The van der Waals surface area contributed by atoms with Gasteiger partial charge < -0.3 is 24.7 Å². The minimum atomic E-state index is -0.398. The average molecular weight is 437 g/mol. The number of nitrogens with zero attached hydrogens (tertiary/aromatic N) is 2. The van der Waals surface area contributed by atoms with Gasteiger partial charge in [-0.15, -0.1) is 11.3 Å². The summed E-state index contributed by atoms with van der Waals surface area (Å²) in [6.07, 6.45) is 2.47. The van der Waals surface area contributed by atoms with Crippen molar-refractivity contribution in [3.63, 3.8) is 0 Å². The van der Waals surface area contributed by atoms with Gasteiger partial charge in [-0.05, 0) is 24.5 Å². The molecule has 0 spiro atoms. The van der Waals surface area contributed by atoms with E-state index in [1.54, 1.807) is 17.5 Å². The Kier molecular flexibility index (Phi) is 9.49. The van der Waals surface area contributed by atoms with Crippen molar-refractivity contribution in [3.8, 4) is 0 Å². The highest BCUT2D eigenvalue weighted by atomic mass is 32.1. The summed E-state index contributed by atoms with van der Waals surface area (Å²) in [6, 6.07) is 3.15. The van der Waals surface area contributed by atoms with E-state index in [0.29, 0.717) is 23.3 Å². The first-order chi connectivity index (χ1) is 14.4. The van der Waals surface area contributed by atoms with E-state index in [4.69, 9.17) is 9.15 Å². The van der Waals surface area contributed by atoms with Gasteiger partial charge in [0.05, 0.1) is 25.0 Å². The number of nitrogens with one attached hydrogen (secondary N) is 2. The van der Waals surface area contributed by atoms with E-state index >= 15 is 0 Å². The molecule has 0 radical (unpaired) electrons. The molecule has 0 aromatic carbocycles. The van der Waals surface area contributed by atoms with E-state index in [1.165, 1.54) is 29.6 Å².